The molecule has 4 amide bonds. The standard InChI is InChI=1S/C13H13FN2O4/c14-10-11(18)15-13(20)16(12(10)19)9-5-1-3-8(7-9)4-2-6-17/h1,3,5,7,10,17H,2,4,6H2,(H,15,18,20). The number of aliphatic hydroxyl groups excluding tert-OH is 1. The molecular formula is C13H13FN2O4. The number of carbonyl (C=O) groups excluding carboxylic acids is 3. The quantitative estimate of drug-likeness (QED) is 0.788. The first kappa shape index (κ1) is 14.1. The highest BCUT2D eigenvalue weighted by Gasteiger charge is 2.41. The van der Waals surface area contributed by atoms with Crippen LogP contribution in [-0.4, -0.2) is 35.7 Å². The van der Waals surface area contributed by atoms with Gasteiger partial charge < -0.3 is 5.11 Å². The summed E-state index contributed by atoms with van der Waals surface area (Å²) in [5.74, 6) is -2.44. The predicted molar refractivity (Wildman–Crippen MR) is 67.8 cm³/mol. The van der Waals surface area contributed by atoms with Gasteiger partial charge >= 0.3 is 6.03 Å². The highest BCUT2D eigenvalue weighted by Crippen LogP contribution is 2.21. The van der Waals surface area contributed by atoms with Crippen molar-refractivity contribution in [2.75, 3.05) is 11.5 Å². The van der Waals surface area contributed by atoms with Crippen molar-refractivity contribution in [1.82, 2.24) is 5.32 Å². The fourth-order valence-corrected chi connectivity index (χ4v) is 1.93. The molecule has 1 aliphatic heterocycles. The summed E-state index contributed by atoms with van der Waals surface area (Å²) in [6, 6.07) is 5.45. The van der Waals surface area contributed by atoms with Gasteiger partial charge in [-0.15, -0.1) is 0 Å². The Morgan fingerprint density at radius 1 is 1.30 bits per heavy atom. The van der Waals surface area contributed by atoms with E-state index in [2.05, 4.69) is 0 Å². The number of benzene rings is 1. The van der Waals surface area contributed by atoms with Crippen LogP contribution in [0.2, 0.25) is 0 Å². The molecule has 1 fully saturated rings. The van der Waals surface area contributed by atoms with Gasteiger partial charge in [-0.05, 0) is 30.5 Å². The number of aryl methyl sites for hydroxylation is 1. The minimum atomic E-state index is -2.38. The van der Waals surface area contributed by atoms with Crippen LogP contribution < -0.4 is 10.2 Å². The maximum Gasteiger partial charge on any atom is 0.335 e. The molecule has 1 heterocycles. The van der Waals surface area contributed by atoms with E-state index in [0.29, 0.717) is 17.7 Å². The molecule has 0 bridgehead atoms. The second kappa shape index (κ2) is 5.79. The average molecular weight is 280 g/mol. The normalized spacial score (nSPS) is 19.2. The molecule has 2 N–H and O–H groups in total. The number of nitrogens with zero attached hydrogens (tertiary/aromatic N) is 1. The van der Waals surface area contributed by atoms with Crippen LogP contribution in [0, 0.1) is 0 Å². The number of rotatable bonds is 4. The Balaban J connectivity index is 2.28. The van der Waals surface area contributed by atoms with Crippen LogP contribution in [-0.2, 0) is 16.0 Å². The second-order valence-corrected chi connectivity index (χ2v) is 4.33. The van der Waals surface area contributed by atoms with Crippen molar-refractivity contribution in [2.45, 2.75) is 19.0 Å². The van der Waals surface area contributed by atoms with Gasteiger partial charge in [-0.25, -0.2) is 14.1 Å². The Hall–Kier alpha value is -2.28. The van der Waals surface area contributed by atoms with Gasteiger partial charge in [-0.1, -0.05) is 12.1 Å². The molecule has 1 saturated heterocycles. The lowest BCUT2D eigenvalue weighted by molar-refractivity contribution is -0.135. The second-order valence-electron chi connectivity index (χ2n) is 4.33. The summed E-state index contributed by atoms with van der Waals surface area (Å²) in [5, 5.41) is 10.6. The molecule has 1 unspecified atom stereocenters. The number of urea groups is 1. The van der Waals surface area contributed by atoms with Crippen LogP contribution in [0.3, 0.4) is 0 Å². The molecule has 20 heavy (non-hydrogen) atoms. The average Bonchev–Trinajstić information content (AvgIpc) is 2.43. The molecule has 7 heteroatoms. The Kier molecular flexibility index (Phi) is 4.09. The highest BCUT2D eigenvalue weighted by molar-refractivity contribution is 6.29. The topological polar surface area (TPSA) is 86.7 Å². The SMILES string of the molecule is O=C1NC(=O)N(c2cccc(CCCO)c2)C(=O)C1F. The van der Waals surface area contributed by atoms with E-state index < -0.39 is 24.0 Å². The number of hydrogen-bond donors (Lipinski definition) is 2. The first-order chi connectivity index (χ1) is 9.54. The minimum Gasteiger partial charge on any atom is -0.396 e. The van der Waals surface area contributed by atoms with Gasteiger partial charge in [0.1, 0.15) is 0 Å². The number of amides is 4. The molecular weight excluding hydrogens is 267 g/mol. The summed E-state index contributed by atoms with van der Waals surface area (Å²) in [4.78, 5) is 35.0. The van der Waals surface area contributed by atoms with Gasteiger partial charge in [-0.2, -0.15) is 0 Å². The number of alkyl halides is 1. The van der Waals surface area contributed by atoms with Gasteiger partial charge in [0, 0.05) is 6.61 Å². The lowest BCUT2D eigenvalue weighted by atomic mass is 10.1. The molecule has 0 radical (unpaired) electrons. The van der Waals surface area contributed by atoms with Crippen molar-refractivity contribution in [2.24, 2.45) is 0 Å². The van der Waals surface area contributed by atoms with Crippen LogP contribution >= 0.6 is 0 Å². The van der Waals surface area contributed by atoms with E-state index in [1.165, 1.54) is 6.07 Å². The fraction of sp³-hybridized carbons (Fsp3) is 0.308. The molecule has 1 aliphatic rings. The number of aliphatic hydroxyl groups is 1. The van der Waals surface area contributed by atoms with Crippen molar-refractivity contribution >= 4 is 23.5 Å². The number of anilines is 1. The van der Waals surface area contributed by atoms with Gasteiger partial charge in [-0.3, -0.25) is 14.9 Å². The zero-order valence-corrected chi connectivity index (χ0v) is 10.5. The van der Waals surface area contributed by atoms with E-state index in [-0.39, 0.29) is 12.3 Å². The molecule has 0 aliphatic carbocycles. The first-order valence-corrected chi connectivity index (χ1v) is 6.07. The van der Waals surface area contributed by atoms with Crippen molar-refractivity contribution in [3.8, 4) is 0 Å². The van der Waals surface area contributed by atoms with Gasteiger partial charge in [0.05, 0.1) is 5.69 Å². The summed E-state index contributed by atoms with van der Waals surface area (Å²) in [5.41, 5.74) is 0.988. The molecule has 0 spiro atoms. The van der Waals surface area contributed by atoms with E-state index >= 15 is 0 Å². The van der Waals surface area contributed by atoms with Crippen molar-refractivity contribution in [3.63, 3.8) is 0 Å². The maximum atomic E-state index is 13.4. The predicted octanol–water partition coefficient (Wildman–Crippen LogP) is 0.532. The number of imide groups is 2. The Labute approximate surface area is 114 Å². The number of barbiturate groups is 1. The lowest BCUT2D eigenvalue weighted by Gasteiger charge is -2.26. The van der Waals surface area contributed by atoms with Gasteiger partial charge in [0.25, 0.3) is 18.0 Å². The molecule has 106 valence electrons. The van der Waals surface area contributed by atoms with Crippen molar-refractivity contribution < 1.29 is 23.9 Å². The zero-order valence-electron chi connectivity index (χ0n) is 10.5. The summed E-state index contributed by atoms with van der Waals surface area (Å²) in [6.07, 6.45) is -1.28. The van der Waals surface area contributed by atoms with Crippen LogP contribution in [0.4, 0.5) is 14.9 Å². The first-order valence-electron chi connectivity index (χ1n) is 6.07. The monoisotopic (exact) mass is 280 g/mol. The number of nitrogens with one attached hydrogen (secondary N) is 1. The van der Waals surface area contributed by atoms with Crippen LogP contribution in [0.15, 0.2) is 24.3 Å². The number of hydrogen-bond acceptors (Lipinski definition) is 4. The minimum absolute atomic E-state index is 0.0222. The van der Waals surface area contributed by atoms with Crippen LogP contribution in [0.1, 0.15) is 12.0 Å². The summed E-state index contributed by atoms with van der Waals surface area (Å²) < 4.78 is 13.4. The maximum absolute atomic E-state index is 13.4. The van der Waals surface area contributed by atoms with Crippen molar-refractivity contribution in [1.29, 1.82) is 0 Å². The zero-order chi connectivity index (χ0) is 14.7. The Bertz CT molecular complexity index is 561. The smallest absolute Gasteiger partial charge is 0.335 e. The van der Waals surface area contributed by atoms with Gasteiger partial charge in [0.15, 0.2) is 0 Å². The molecule has 0 saturated carbocycles. The molecule has 2 rings (SSSR count). The third-order valence-corrected chi connectivity index (χ3v) is 2.89. The molecule has 0 aromatic heterocycles. The molecule has 1 aromatic rings. The number of carbonyl (C=O) groups is 3. The van der Waals surface area contributed by atoms with E-state index in [1.807, 2.05) is 0 Å². The highest BCUT2D eigenvalue weighted by atomic mass is 19.1. The van der Waals surface area contributed by atoms with Crippen LogP contribution in [0.25, 0.3) is 0 Å². The Morgan fingerprint density at radius 3 is 2.75 bits per heavy atom. The number of halogens is 1. The fourth-order valence-electron chi connectivity index (χ4n) is 1.93. The Morgan fingerprint density at radius 2 is 2.05 bits per heavy atom. The third-order valence-electron chi connectivity index (χ3n) is 2.89. The summed E-state index contributed by atoms with van der Waals surface area (Å²) in [7, 11) is 0. The van der Waals surface area contributed by atoms with Gasteiger partial charge in [0.2, 0.25) is 0 Å². The van der Waals surface area contributed by atoms with E-state index in [9.17, 15) is 18.8 Å². The van der Waals surface area contributed by atoms with E-state index in [1.54, 1.807) is 23.5 Å². The van der Waals surface area contributed by atoms with E-state index in [0.717, 1.165) is 5.56 Å². The summed E-state index contributed by atoms with van der Waals surface area (Å²) in [6.45, 7) is 0.0222. The largest absolute Gasteiger partial charge is 0.396 e. The lowest BCUT2D eigenvalue weighted by Crippen LogP contribution is -2.59. The molecule has 6 nitrogen and oxygen atoms in total. The summed E-state index contributed by atoms with van der Waals surface area (Å²) >= 11 is 0. The third kappa shape index (κ3) is 2.67. The van der Waals surface area contributed by atoms with E-state index in [4.69, 9.17) is 5.11 Å². The van der Waals surface area contributed by atoms with Crippen molar-refractivity contribution in [3.05, 3.63) is 29.8 Å². The molecule has 1 atom stereocenters. The van der Waals surface area contributed by atoms with Crippen LogP contribution in [0.5, 0.6) is 0 Å². The molecule has 1 aromatic carbocycles.